The average Bonchev–Trinajstić information content (AvgIpc) is 1.61. The van der Waals surface area contributed by atoms with E-state index in [1.165, 1.54) is 82.3 Å². The lowest BCUT2D eigenvalue weighted by atomic mass is 9.72. The first-order valence-electron chi connectivity index (χ1n) is 40.5. The number of alkyl carbamates (subject to hydrolysis) is 2. The second-order valence-corrected chi connectivity index (χ2v) is 34.9. The number of hydrogen-bond donors (Lipinski definition) is 4. The van der Waals surface area contributed by atoms with Crippen molar-refractivity contribution in [3.05, 3.63) is 256 Å². The van der Waals surface area contributed by atoms with Gasteiger partial charge in [-0.15, -0.1) is 0 Å². The van der Waals surface area contributed by atoms with Crippen molar-refractivity contribution in [2.45, 2.75) is 193 Å². The summed E-state index contributed by atoms with van der Waals surface area (Å²) in [5.74, 6) is 4.75. The minimum atomic E-state index is -0.528. The quantitative estimate of drug-likeness (QED) is 0.100. The van der Waals surface area contributed by atoms with Gasteiger partial charge in [0, 0.05) is 75.3 Å². The number of amides is 2. The van der Waals surface area contributed by atoms with Crippen LogP contribution in [0.15, 0.2) is 206 Å². The van der Waals surface area contributed by atoms with Gasteiger partial charge in [0.15, 0.2) is 0 Å². The van der Waals surface area contributed by atoms with E-state index in [4.69, 9.17) is 35.1 Å². The highest BCUT2D eigenvalue weighted by Crippen LogP contribution is 2.55. The fraction of sp³-hybridized carbons (Fsp3) is 0.457. The van der Waals surface area contributed by atoms with Crippen LogP contribution in [0.4, 0.5) is 38.7 Å². The van der Waals surface area contributed by atoms with Crippen LogP contribution in [0.1, 0.15) is 212 Å². The SMILES string of the molecule is C.CC(C)(C)OC(=O)N[C@@H]1c2ccccc2CC12CCN(c1cnc(Br)cn1)CC2.CC(C)(C)OC(=O)N[C@@H]1c2ccccc2CC12CCN(c1cnc(N3CCC[C@H]3c3ccccc3)cn1)CC2.N[C@@H]1c2ccccc2CC12CCN(c1cnc(N3CCC[C@H]3c3ccccc3)cn1)CC2.c1ccc([C@@H]2CCCN2)cc1. The number of benzene rings is 6. The fourth-order valence-corrected chi connectivity index (χ4v) is 19.4. The van der Waals surface area contributed by atoms with Crippen LogP contribution in [-0.4, -0.2) is 112 Å². The maximum atomic E-state index is 12.8. The molecule has 6 aliphatic heterocycles. The third-order valence-electron chi connectivity index (χ3n) is 24.8. The van der Waals surface area contributed by atoms with Crippen LogP contribution in [0.2, 0.25) is 0 Å². The Morgan fingerprint density at radius 2 is 0.777 bits per heavy atom. The molecule has 588 valence electrons. The normalized spacial score (nSPS) is 22.2. The standard InChI is InChI=1S/C32H39N5O2.C27H31N5.C22H27BrN4O2.C10H13N.CH4/c1-31(2,3)39-30(38)35-29-25-13-8-7-12-24(25)20-32(29)15-18-36(19-16-32)27-21-34-28(22-33-27)37-17-9-14-26(37)23-10-5-4-6-11-23;28-26-22-10-5-4-9-21(22)17-27(26)12-15-31(16-13-27)24-18-30-25(19-29-24)32-14-6-11-23(32)20-7-2-1-3-8-20;1-21(2,3)29-20(28)26-19-16-7-5-4-6-15(16)12-22(19)8-10-27(11-9-22)18-14-24-17(23)13-25-18;1-2-5-9(6-3-1)10-7-4-8-11-10;/h4-8,10-13,21-22,26,29H,9,14-20H2,1-3H3,(H,35,38);1-5,7-10,18-19,23,26H,6,11-17,28H2;4-7,13-14,19H,8-12H2,1-3H3,(H,26,28);1-3,5-6,10-11H,4,7-8H2;1H4/t26-,29+;23-,26+;19-;10-;/m0010./s1. The predicted molar refractivity (Wildman–Crippen MR) is 452 cm³/mol. The minimum Gasteiger partial charge on any atom is -0.444 e. The molecule has 6 aromatic carbocycles. The Hall–Kier alpha value is -9.50. The zero-order valence-electron chi connectivity index (χ0n) is 65.5. The molecule has 112 heavy (non-hydrogen) atoms. The van der Waals surface area contributed by atoms with Crippen LogP contribution in [0.25, 0.3) is 0 Å². The molecule has 9 aromatic rings. The molecule has 20 heteroatoms. The summed E-state index contributed by atoms with van der Waals surface area (Å²) >= 11 is 3.34. The molecule has 6 atom stereocenters. The number of rotatable bonds is 10. The van der Waals surface area contributed by atoms with Gasteiger partial charge in [-0.2, -0.15) is 0 Å². The molecular formula is C92H114BrN15O4. The largest absolute Gasteiger partial charge is 0.444 e. The Morgan fingerprint density at radius 3 is 1.15 bits per heavy atom. The number of fused-ring (bicyclic) bond motifs is 3. The third kappa shape index (κ3) is 17.9. The number of carbonyl (C=O) groups is 2. The maximum Gasteiger partial charge on any atom is 0.408 e. The van der Waals surface area contributed by atoms with Crippen LogP contribution >= 0.6 is 15.9 Å². The van der Waals surface area contributed by atoms with Crippen molar-refractivity contribution >= 4 is 57.2 Å². The van der Waals surface area contributed by atoms with Gasteiger partial charge in [0.1, 0.15) is 44.9 Å². The predicted octanol–water partition coefficient (Wildman–Crippen LogP) is 18.3. The number of nitrogens with one attached hydrogen (secondary N) is 3. The fourth-order valence-electron chi connectivity index (χ4n) is 19.2. The molecule has 0 bridgehead atoms. The van der Waals surface area contributed by atoms with E-state index in [0.717, 1.165) is 157 Å². The van der Waals surface area contributed by atoms with E-state index in [1.54, 1.807) is 6.20 Å². The number of ether oxygens (including phenoxy) is 2. The van der Waals surface area contributed by atoms with Crippen molar-refractivity contribution in [3.63, 3.8) is 0 Å². The molecule has 6 fully saturated rings. The Bertz CT molecular complexity index is 4560. The lowest BCUT2D eigenvalue weighted by molar-refractivity contribution is 0.0418. The van der Waals surface area contributed by atoms with Crippen molar-refractivity contribution in [2.24, 2.45) is 22.0 Å². The molecule has 0 radical (unpaired) electrons. The highest BCUT2D eigenvalue weighted by molar-refractivity contribution is 9.10. The number of aromatic nitrogens is 6. The number of nitrogens with zero attached hydrogens (tertiary/aromatic N) is 11. The Kier molecular flexibility index (Phi) is 24.3. The second kappa shape index (κ2) is 34.5. The first-order valence-corrected chi connectivity index (χ1v) is 41.3. The summed E-state index contributed by atoms with van der Waals surface area (Å²) in [7, 11) is 0. The monoisotopic (exact) mass is 1570 g/mol. The smallest absolute Gasteiger partial charge is 0.408 e. The molecule has 6 saturated heterocycles. The van der Waals surface area contributed by atoms with E-state index in [2.05, 4.69) is 224 Å². The maximum absolute atomic E-state index is 12.8. The summed E-state index contributed by atoms with van der Waals surface area (Å²) in [6.07, 6.45) is 27.1. The van der Waals surface area contributed by atoms with E-state index < -0.39 is 11.2 Å². The second-order valence-electron chi connectivity index (χ2n) is 34.1. The van der Waals surface area contributed by atoms with Gasteiger partial charge < -0.3 is 55.7 Å². The van der Waals surface area contributed by atoms with Gasteiger partial charge in [0.2, 0.25) is 0 Å². The van der Waals surface area contributed by atoms with Gasteiger partial charge in [-0.05, 0) is 216 Å². The number of carbonyl (C=O) groups excluding carboxylic acids is 2. The molecule has 3 spiro atoms. The summed E-state index contributed by atoms with van der Waals surface area (Å²) in [5.41, 5.74) is 17.9. The van der Waals surface area contributed by atoms with Gasteiger partial charge in [0.25, 0.3) is 0 Å². The van der Waals surface area contributed by atoms with Gasteiger partial charge in [-0.1, -0.05) is 171 Å². The molecule has 5 N–H and O–H groups in total. The number of nitrogens with two attached hydrogens (primary N) is 1. The lowest BCUT2D eigenvalue weighted by Crippen LogP contribution is -2.48. The van der Waals surface area contributed by atoms with E-state index in [1.807, 2.05) is 78.6 Å². The van der Waals surface area contributed by atoms with E-state index in [-0.39, 0.29) is 54.0 Å². The summed E-state index contributed by atoms with van der Waals surface area (Å²) in [4.78, 5) is 65.4. The molecule has 18 rings (SSSR count). The number of hydrogen-bond acceptors (Lipinski definition) is 17. The summed E-state index contributed by atoms with van der Waals surface area (Å²) in [5, 5.41) is 9.92. The molecule has 0 saturated carbocycles. The third-order valence-corrected chi connectivity index (χ3v) is 25.2. The van der Waals surface area contributed by atoms with E-state index >= 15 is 0 Å². The summed E-state index contributed by atoms with van der Waals surface area (Å²) in [6, 6.07) is 59.3. The first-order chi connectivity index (χ1) is 53.8. The Morgan fingerprint density at radius 1 is 0.429 bits per heavy atom. The van der Waals surface area contributed by atoms with Crippen LogP contribution in [0.5, 0.6) is 0 Å². The van der Waals surface area contributed by atoms with E-state index in [0.29, 0.717) is 18.1 Å². The topological polar surface area (TPSA) is 208 Å². The zero-order valence-corrected chi connectivity index (χ0v) is 67.1. The molecule has 19 nitrogen and oxygen atoms in total. The van der Waals surface area contributed by atoms with Crippen molar-refractivity contribution in [1.82, 2.24) is 45.9 Å². The van der Waals surface area contributed by atoms with Gasteiger partial charge in [-0.3, -0.25) is 0 Å². The Labute approximate surface area is 671 Å². The molecule has 2 amide bonds. The highest BCUT2D eigenvalue weighted by Gasteiger charge is 2.51. The molecular weight excluding hydrogens is 1460 g/mol. The van der Waals surface area contributed by atoms with Crippen molar-refractivity contribution in [2.75, 3.05) is 83.4 Å². The van der Waals surface area contributed by atoms with Crippen LogP contribution in [0.3, 0.4) is 0 Å². The number of piperidine rings is 3. The minimum absolute atomic E-state index is 0. The first kappa shape index (κ1) is 79.2. The van der Waals surface area contributed by atoms with Crippen LogP contribution < -0.4 is 46.2 Å². The molecule has 3 aromatic heterocycles. The average molecular weight is 1570 g/mol. The van der Waals surface area contributed by atoms with Crippen molar-refractivity contribution < 1.29 is 19.1 Å². The highest BCUT2D eigenvalue weighted by atomic mass is 79.9. The molecule has 3 aliphatic carbocycles. The van der Waals surface area contributed by atoms with Gasteiger partial charge >= 0.3 is 12.2 Å². The number of anilines is 5. The van der Waals surface area contributed by atoms with Crippen molar-refractivity contribution in [3.8, 4) is 0 Å². The van der Waals surface area contributed by atoms with E-state index in [9.17, 15) is 9.59 Å². The molecule has 9 aliphatic rings. The summed E-state index contributed by atoms with van der Waals surface area (Å²) < 4.78 is 12.0. The zero-order chi connectivity index (χ0) is 76.7. The lowest BCUT2D eigenvalue weighted by Gasteiger charge is -2.43. The summed E-state index contributed by atoms with van der Waals surface area (Å²) in [6.45, 7) is 20.1. The van der Waals surface area contributed by atoms with Crippen molar-refractivity contribution in [1.29, 1.82) is 0 Å². The number of halogens is 1. The molecule has 0 unspecified atom stereocenters. The van der Waals surface area contributed by atoms with Crippen LogP contribution in [0, 0.1) is 16.2 Å². The molecule has 9 heterocycles. The Balaban J connectivity index is 0.000000131. The van der Waals surface area contributed by atoms with Gasteiger partial charge in [0.05, 0.1) is 61.3 Å². The van der Waals surface area contributed by atoms with Gasteiger partial charge in [-0.25, -0.2) is 39.5 Å². The van der Waals surface area contributed by atoms with Crippen LogP contribution in [-0.2, 0) is 28.7 Å².